The fourth-order valence-corrected chi connectivity index (χ4v) is 2.65. The Bertz CT molecular complexity index is 715. The van der Waals surface area contributed by atoms with Gasteiger partial charge in [-0.2, -0.15) is 4.98 Å². The van der Waals surface area contributed by atoms with Gasteiger partial charge in [0.2, 0.25) is 5.95 Å². The lowest BCUT2D eigenvalue weighted by molar-refractivity contribution is 0.356. The van der Waals surface area contributed by atoms with E-state index in [9.17, 15) is 0 Å². The largest absolute Gasteiger partial charge is 0.493 e. The molecular formula is C16H20N4O2. The van der Waals surface area contributed by atoms with Crippen molar-refractivity contribution < 1.29 is 9.47 Å². The highest BCUT2D eigenvalue weighted by Crippen LogP contribution is 2.33. The molecule has 6 nitrogen and oxygen atoms in total. The smallest absolute Gasteiger partial charge is 0.225 e. The summed E-state index contributed by atoms with van der Waals surface area (Å²) in [6, 6.07) is 3.97. The Hall–Kier alpha value is -2.50. The van der Waals surface area contributed by atoms with Crippen LogP contribution in [0, 0.1) is 0 Å². The summed E-state index contributed by atoms with van der Waals surface area (Å²) in [4.78, 5) is 8.91. The number of aromatic nitrogens is 2. The fraction of sp³-hybridized carbons (Fsp3) is 0.375. The second kappa shape index (κ2) is 6.09. The maximum absolute atomic E-state index is 6.08. The number of anilines is 2. The first-order chi connectivity index (χ1) is 10.7. The third-order valence-corrected chi connectivity index (χ3v) is 3.83. The third kappa shape index (κ3) is 2.77. The first kappa shape index (κ1) is 14.4. The number of nitrogens with zero attached hydrogens (tertiary/aromatic N) is 2. The summed E-state index contributed by atoms with van der Waals surface area (Å²) in [5, 5.41) is 4.11. The molecule has 1 aliphatic carbocycles. The maximum Gasteiger partial charge on any atom is 0.225 e. The third-order valence-electron chi connectivity index (χ3n) is 3.83. The second-order valence-electron chi connectivity index (χ2n) is 5.28. The van der Waals surface area contributed by atoms with Crippen LogP contribution in [0.15, 0.2) is 24.3 Å². The second-order valence-corrected chi connectivity index (χ2v) is 5.28. The molecule has 0 saturated carbocycles. The first-order valence-corrected chi connectivity index (χ1v) is 7.32. The van der Waals surface area contributed by atoms with Crippen molar-refractivity contribution in [3.63, 3.8) is 0 Å². The first-order valence-electron chi connectivity index (χ1n) is 7.32. The van der Waals surface area contributed by atoms with Crippen LogP contribution >= 0.6 is 0 Å². The van der Waals surface area contributed by atoms with E-state index in [4.69, 9.17) is 15.2 Å². The van der Waals surface area contributed by atoms with Crippen LogP contribution in [0.3, 0.4) is 0 Å². The Morgan fingerprint density at radius 1 is 1.14 bits per heavy atom. The van der Waals surface area contributed by atoms with Crippen LogP contribution in [0.4, 0.5) is 11.8 Å². The van der Waals surface area contributed by atoms with Crippen molar-refractivity contribution in [2.75, 3.05) is 25.3 Å². The van der Waals surface area contributed by atoms with Crippen LogP contribution in [-0.2, 0) is 0 Å². The molecule has 116 valence electrons. The average molecular weight is 300 g/mol. The summed E-state index contributed by atoms with van der Waals surface area (Å²) in [5.74, 6) is 2.22. The molecule has 0 aliphatic heterocycles. The van der Waals surface area contributed by atoms with Crippen molar-refractivity contribution in [3.05, 3.63) is 24.3 Å². The van der Waals surface area contributed by atoms with Gasteiger partial charge in [-0.1, -0.05) is 12.2 Å². The minimum Gasteiger partial charge on any atom is -0.493 e. The summed E-state index contributed by atoms with van der Waals surface area (Å²) >= 11 is 0. The number of ether oxygens (including phenoxy) is 2. The molecule has 1 unspecified atom stereocenters. The van der Waals surface area contributed by atoms with E-state index in [0.717, 1.165) is 30.2 Å². The Labute approximate surface area is 129 Å². The normalized spacial score (nSPS) is 17.5. The number of allylic oxidation sites excluding steroid dienone is 1. The summed E-state index contributed by atoms with van der Waals surface area (Å²) in [6.45, 7) is 0. The zero-order valence-corrected chi connectivity index (χ0v) is 12.8. The van der Waals surface area contributed by atoms with Gasteiger partial charge in [-0.3, -0.25) is 0 Å². The molecule has 0 saturated heterocycles. The Morgan fingerprint density at radius 3 is 2.59 bits per heavy atom. The van der Waals surface area contributed by atoms with Crippen molar-refractivity contribution in [3.8, 4) is 11.5 Å². The minimum atomic E-state index is 0.349. The van der Waals surface area contributed by atoms with Gasteiger partial charge in [-0.15, -0.1) is 0 Å². The zero-order valence-electron chi connectivity index (χ0n) is 12.8. The molecule has 22 heavy (non-hydrogen) atoms. The number of methoxy groups -OCH3 is 2. The van der Waals surface area contributed by atoms with E-state index in [0.29, 0.717) is 29.3 Å². The van der Waals surface area contributed by atoms with Crippen LogP contribution in [0.25, 0.3) is 10.9 Å². The Morgan fingerprint density at radius 2 is 1.91 bits per heavy atom. The van der Waals surface area contributed by atoms with Gasteiger partial charge in [0, 0.05) is 17.5 Å². The lowest BCUT2D eigenvalue weighted by Gasteiger charge is -2.19. The molecule has 1 aromatic carbocycles. The number of hydrogen-bond acceptors (Lipinski definition) is 6. The van der Waals surface area contributed by atoms with Crippen LogP contribution < -0.4 is 20.5 Å². The van der Waals surface area contributed by atoms with Gasteiger partial charge in [0.25, 0.3) is 0 Å². The average Bonchev–Trinajstić information content (AvgIpc) is 2.54. The van der Waals surface area contributed by atoms with E-state index in [1.165, 1.54) is 0 Å². The molecule has 2 aromatic rings. The molecule has 0 fully saturated rings. The number of benzene rings is 1. The molecule has 1 aliphatic rings. The van der Waals surface area contributed by atoms with Gasteiger partial charge in [0.1, 0.15) is 5.82 Å². The molecule has 1 aromatic heterocycles. The molecule has 6 heteroatoms. The number of nitrogens with two attached hydrogens (primary N) is 1. The van der Waals surface area contributed by atoms with E-state index in [1.54, 1.807) is 20.3 Å². The van der Waals surface area contributed by atoms with Gasteiger partial charge in [0.15, 0.2) is 11.5 Å². The summed E-state index contributed by atoms with van der Waals surface area (Å²) in [5.41, 5.74) is 6.81. The molecular weight excluding hydrogens is 280 g/mol. The molecule has 1 heterocycles. The van der Waals surface area contributed by atoms with Crippen molar-refractivity contribution >= 4 is 22.7 Å². The molecule has 3 N–H and O–H groups in total. The number of rotatable bonds is 4. The van der Waals surface area contributed by atoms with Gasteiger partial charge < -0.3 is 20.5 Å². The van der Waals surface area contributed by atoms with Crippen LogP contribution in [0.1, 0.15) is 19.3 Å². The van der Waals surface area contributed by atoms with Gasteiger partial charge in [0.05, 0.1) is 19.7 Å². The van der Waals surface area contributed by atoms with E-state index < -0.39 is 0 Å². The molecule has 0 amide bonds. The highest BCUT2D eigenvalue weighted by atomic mass is 16.5. The van der Waals surface area contributed by atoms with Gasteiger partial charge >= 0.3 is 0 Å². The van der Waals surface area contributed by atoms with Crippen molar-refractivity contribution in [2.24, 2.45) is 0 Å². The van der Waals surface area contributed by atoms with Gasteiger partial charge in [-0.25, -0.2) is 4.98 Å². The Balaban J connectivity index is 1.97. The minimum absolute atomic E-state index is 0.349. The highest BCUT2D eigenvalue weighted by Gasteiger charge is 2.14. The summed E-state index contributed by atoms with van der Waals surface area (Å²) < 4.78 is 10.6. The zero-order chi connectivity index (χ0) is 15.5. The summed E-state index contributed by atoms with van der Waals surface area (Å²) in [6.07, 6.45) is 7.51. The lowest BCUT2D eigenvalue weighted by Crippen LogP contribution is -2.22. The Kier molecular flexibility index (Phi) is 4.00. The maximum atomic E-state index is 6.08. The predicted octanol–water partition coefficient (Wildman–Crippen LogP) is 2.75. The van der Waals surface area contributed by atoms with E-state index >= 15 is 0 Å². The van der Waals surface area contributed by atoms with E-state index in [1.807, 2.05) is 6.07 Å². The molecule has 1 atom stereocenters. The lowest BCUT2D eigenvalue weighted by atomic mass is 10.0. The SMILES string of the molecule is COc1cc2nc(NC3CC=CCC3)nc(N)c2cc1OC. The molecule has 3 rings (SSSR count). The molecule has 0 spiro atoms. The monoisotopic (exact) mass is 300 g/mol. The number of nitrogens with one attached hydrogen (secondary N) is 1. The molecule has 0 bridgehead atoms. The number of nitrogen functional groups attached to an aromatic ring is 1. The van der Waals surface area contributed by atoms with Crippen molar-refractivity contribution in [1.29, 1.82) is 0 Å². The van der Waals surface area contributed by atoms with E-state index in [-0.39, 0.29) is 0 Å². The summed E-state index contributed by atoms with van der Waals surface area (Å²) in [7, 11) is 3.19. The number of hydrogen-bond donors (Lipinski definition) is 2. The highest BCUT2D eigenvalue weighted by molar-refractivity contribution is 5.91. The standard InChI is InChI=1S/C16H20N4O2/c1-21-13-8-11-12(9-14(13)22-2)19-16(20-15(11)17)18-10-6-4-3-5-7-10/h3-4,8-10H,5-7H2,1-2H3,(H3,17,18,19,20). The van der Waals surface area contributed by atoms with Crippen LogP contribution in [0.2, 0.25) is 0 Å². The van der Waals surface area contributed by atoms with Crippen LogP contribution in [0.5, 0.6) is 11.5 Å². The predicted molar refractivity (Wildman–Crippen MR) is 87.5 cm³/mol. The van der Waals surface area contributed by atoms with Gasteiger partial charge in [-0.05, 0) is 25.3 Å². The van der Waals surface area contributed by atoms with E-state index in [2.05, 4.69) is 27.4 Å². The fourth-order valence-electron chi connectivity index (χ4n) is 2.65. The quantitative estimate of drug-likeness (QED) is 0.845. The topological polar surface area (TPSA) is 82.3 Å². The van der Waals surface area contributed by atoms with Crippen molar-refractivity contribution in [1.82, 2.24) is 9.97 Å². The molecule has 0 radical (unpaired) electrons. The number of fused-ring (bicyclic) bond motifs is 1. The van der Waals surface area contributed by atoms with Crippen molar-refractivity contribution in [2.45, 2.75) is 25.3 Å². The van der Waals surface area contributed by atoms with Crippen LogP contribution in [-0.4, -0.2) is 30.2 Å².